The number of hydrogen-bond donors (Lipinski definition) is 1. The molecule has 0 atom stereocenters. The van der Waals surface area contributed by atoms with E-state index in [-0.39, 0.29) is 12.3 Å². The molecule has 3 nitrogen and oxygen atoms in total. The van der Waals surface area contributed by atoms with Crippen molar-refractivity contribution >= 4 is 22.9 Å². The van der Waals surface area contributed by atoms with E-state index in [4.69, 9.17) is 6.42 Å². The van der Waals surface area contributed by atoms with Gasteiger partial charge in [0.05, 0.1) is 12.1 Å². The van der Waals surface area contributed by atoms with Gasteiger partial charge >= 0.3 is 0 Å². The van der Waals surface area contributed by atoms with E-state index >= 15 is 0 Å². The number of hydrogen-bond acceptors (Lipinski definition) is 3. The lowest BCUT2D eigenvalue weighted by Crippen LogP contribution is -2.14. The summed E-state index contributed by atoms with van der Waals surface area (Å²) in [6.45, 7) is 2.05. The molecule has 0 saturated carbocycles. The number of nitrogens with one attached hydrogen (secondary N) is 1. The van der Waals surface area contributed by atoms with Gasteiger partial charge in [0.25, 0.3) is 0 Å². The highest BCUT2D eigenvalue weighted by Gasteiger charge is 2.09. The lowest BCUT2D eigenvalue weighted by Gasteiger charge is -2.04. The molecule has 0 aliphatic rings. The number of aryl methyl sites for hydroxylation is 1. The molecule has 0 aliphatic carbocycles. The molecule has 0 unspecified atom stereocenters. The van der Waals surface area contributed by atoms with E-state index in [1.54, 1.807) is 17.4 Å². The maximum Gasteiger partial charge on any atom is 0.230 e. The second-order valence-corrected chi connectivity index (χ2v) is 6.32. The number of aromatic nitrogens is 1. The Bertz CT molecular complexity index is 921. The van der Waals surface area contributed by atoms with Gasteiger partial charge in [0.15, 0.2) is 0 Å². The summed E-state index contributed by atoms with van der Waals surface area (Å²) in [6, 6.07) is 15.4. The van der Waals surface area contributed by atoms with E-state index in [0.717, 1.165) is 21.8 Å². The third-order valence-corrected chi connectivity index (χ3v) is 4.41. The number of benzene rings is 2. The lowest BCUT2D eigenvalue weighted by molar-refractivity contribution is -0.115. The van der Waals surface area contributed by atoms with Crippen LogP contribution >= 0.6 is 11.3 Å². The molecule has 0 radical (unpaired) electrons. The first-order chi connectivity index (χ1) is 11.6. The first kappa shape index (κ1) is 16.0. The van der Waals surface area contributed by atoms with Crippen molar-refractivity contribution in [1.29, 1.82) is 0 Å². The molecule has 0 bridgehead atoms. The summed E-state index contributed by atoms with van der Waals surface area (Å²) in [5, 5.41) is 5.71. The number of nitrogens with zero attached hydrogens (tertiary/aromatic N) is 1. The molecule has 0 spiro atoms. The average Bonchev–Trinajstić information content (AvgIpc) is 3.03. The average molecular weight is 332 g/mol. The normalized spacial score (nSPS) is 10.2. The summed E-state index contributed by atoms with van der Waals surface area (Å²) in [5.74, 6) is 2.45. The number of thiazole rings is 1. The highest BCUT2D eigenvalue weighted by molar-refractivity contribution is 7.13. The number of amides is 1. The van der Waals surface area contributed by atoms with Gasteiger partial charge in [-0.25, -0.2) is 4.98 Å². The molecule has 1 heterocycles. The fourth-order valence-electron chi connectivity index (χ4n) is 2.36. The quantitative estimate of drug-likeness (QED) is 0.725. The van der Waals surface area contributed by atoms with Gasteiger partial charge in [-0.3, -0.25) is 4.79 Å². The Balaban J connectivity index is 1.68. The van der Waals surface area contributed by atoms with Crippen LogP contribution in [0.2, 0.25) is 0 Å². The van der Waals surface area contributed by atoms with Crippen LogP contribution in [0.3, 0.4) is 0 Å². The second kappa shape index (κ2) is 7.12. The molecule has 1 aromatic heterocycles. The van der Waals surface area contributed by atoms with E-state index in [2.05, 4.69) is 35.3 Å². The molecule has 1 N–H and O–H groups in total. The first-order valence-electron chi connectivity index (χ1n) is 7.52. The number of carbonyl (C=O) groups excluding carboxylic acids is 1. The van der Waals surface area contributed by atoms with Crippen LogP contribution in [0.4, 0.5) is 5.69 Å². The maximum absolute atomic E-state index is 12.2. The van der Waals surface area contributed by atoms with Crippen LogP contribution in [0.25, 0.3) is 10.6 Å². The van der Waals surface area contributed by atoms with Crippen LogP contribution in [0.1, 0.15) is 16.8 Å². The zero-order valence-electron chi connectivity index (χ0n) is 13.2. The Hall–Kier alpha value is -2.90. The summed E-state index contributed by atoms with van der Waals surface area (Å²) < 4.78 is 0. The molecule has 118 valence electrons. The van der Waals surface area contributed by atoms with Gasteiger partial charge in [-0.1, -0.05) is 35.7 Å². The van der Waals surface area contributed by atoms with Gasteiger partial charge in [-0.05, 0) is 31.2 Å². The standard InChI is InChI=1S/C20H16N2OS/c1-3-15-7-5-9-17(11-15)21-19(23)12-18-13-24-20(22-18)16-8-4-6-14(2)10-16/h1,4-11,13H,12H2,2H3,(H,21,23). The van der Waals surface area contributed by atoms with Gasteiger partial charge in [0, 0.05) is 22.2 Å². The summed E-state index contributed by atoms with van der Waals surface area (Å²) in [4.78, 5) is 16.7. The Labute approximate surface area is 145 Å². The van der Waals surface area contributed by atoms with E-state index < -0.39 is 0 Å². The monoisotopic (exact) mass is 332 g/mol. The Kier molecular flexibility index (Phi) is 4.74. The fourth-order valence-corrected chi connectivity index (χ4v) is 3.17. The topological polar surface area (TPSA) is 42.0 Å². The highest BCUT2D eigenvalue weighted by Crippen LogP contribution is 2.24. The van der Waals surface area contributed by atoms with Crippen molar-refractivity contribution in [3.63, 3.8) is 0 Å². The van der Waals surface area contributed by atoms with Crippen molar-refractivity contribution in [2.24, 2.45) is 0 Å². The molecule has 3 rings (SSSR count). The van der Waals surface area contributed by atoms with Crippen LogP contribution < -0.4 is 5.32 Å². The Morgan fingerprint density at radius 1 is 1.25 bits per heavy atom. The van der Waals surface area contributed by atoms with Crippen LogP contribution in [-0.2, 0) is 11.2 Å². The largest absolute Gasteiger partial charge is 0.326 e. The third kappa shape index (κ3) is 3.89. The first-order valence-corrected chi connectivity index (χ1v) is 8.40. The zero-order valence-corrected chi connectivity index (χ0v) is 14.1. The van der Waals surface area contributed by atoms with Crippen LogP contribution in [0.15, 0.2) is 53.9 Å². The minimum Gasteiger partial charge on any atom is -0.326 e. The van der Waals surface area contributed by atoms with Crippen molar-refractivity contribution in [3.8, 4) is 22.9 Å². The smallest absolute Gasteiger partial charge is 0.230 e. The Morgan fingerprint density at radius 3 is 2.88 bits per heavy atom. The van der Waals surface area contributed by atoms with Gasteiger partial charge in [0.2, 0.25) is 5.91 Å². The lowest BCUT2D eigenvalue weighted by atomic mass is 10.1. The molecule has 2 aromatic carbocycles. The van der Waals surface area contributed by atoms with Crippen LogP contribution in [0, 0.1) is 19.3 Å². The van der Waals surface area contributed by atoms with Crippen molar-refractivity contribution in [2.45, 2.75) is 13.3 Å². The molecule has 1 amide bonds. The van der Waals surface area contributed by atoms with Gasteiger partial charge in [0.1, 0.15) is 5.01 Å². The van der Waals surface area contributed by atoms with Gasteiger partial charge in [-0.15, -0.1) is 17.8 Å². The third-order valence-electron chi connectivity index (χ3n) is 3.47. The highest BCUT2D eigenvalue weighted by atomic mass is 32.1. The van der Waals surface area contributed by atoms with E-state index in [1.165, 1.54) is 5.56 Å². The molecule has 0 aliphatic heterocycles. The van der Waals surface area contributed by atoms with Crippen LogP contribution in [0.5, 0.6) is 0 Å². The summed E-state index contributed by atoms with van der Waals surface area (Å²) in [6.07, 6.45) is 5.61. The van der Waals surface area contributed by atoms with Crippen molar-refractivity contribution in [3.05, 3.63) is 70.7 Å². The van der Waals surface area contributed by atoms with E-state index in [0.29, 0.717) is 5.69 Å². The zero-order chi connectivity index (χ0) is 16.9. The van der Waals surface area contributed by atoms with Crippen molar-refractivity contribution in [2.75, 3.05) is 5.32 Å². The molecule has 0 saturated heterocycles. The number of carbonyl (C=O) groups is 1. The number of rotatable bonds is 4. The number of terminal acetylenes is 1. The SMILES string of the molecule is C#Cc1cccc(NC(=O)Cc2csc(-c3cccc(C)c3)n2)c1. The van der Waals surface area contributed by atoms with E-state index in [1.807, 2.05) is 35.7 Å². The fraction of sp³-hybridized carbons (Fsp3) is 0.100. The maximum atomic E-state index is 12.2. The molecule has 24 heavy (non-hydrogen) atoms. The van der Waals surface area contributed by atoms with Crippen molar-refractivity contribution in [1.82, 2.24) is 4.98 Å². The van der Waals surface area contributed by atoms with Gasteiger partial charge in [-0.2, -0.15) is 0 Å². The molecule has 0 fully saturated rings. The number of anilines is 1. The van der Waals surface area contributed by atoms with E-state index in [9.17, 15) is 4.79 Å². The molecular weight excluding hydrogens is 316 g/mol. The molecular formula is C20H16N2OS. The minimum absolute atomic E-state index is 0.106. The molecule has 3 aromatic rings. The molecule has 4 heteroatoms. The predicted molar refractivity (Wildman–Crippen MR) is 99.0 cm³/mol. The summed E-state index contributed by atoms with van der Waals surface area (Å²) in [7, 11) is 0. The summed E-state index contributed by atoms with van der Waals surface area (Å²) >= 11 is 1.55. The van der Waals surface area contributed by atoms with Gasteiger partial charge < -0.3 is 5.32 Å². The predicted octanol–water partition coefficient (Wildman–Crippen LogP) is 4.28. The van der Waals surface area contributed by atoms with Crippen molar-refractivity contribution < 1.29 is 4.79 Å². The van der Waals surface area contributed by atoms with Crippen LogP contribution in [-0.4, -0.2) is 10.9 Å². The minimum atomic E-state index is -0.106. The summed E-state index contributed by atoms with van der Waals surface area (Å²) in [5.41, 5.74) is 4.47. The Morgan fingerprint density at radius 2 is 2.08 bits per heavy atom. The second-order valence-electron chi connectivity index (χ2n) is 5.46.